The minimum Gasteiger partial charge on any atom is -0.462 e. The molecule has 2 aromatic carbocycles. The fourth-order valence-electron chi connectivity index (χ4n) is 2.25. The first-order valence-electron chi connectivity index (χ1n) is 8.50. The molecule has 0 heterocycles. The maximum atomic E-state index is 12.1. The third kappa shape index (κ3) is 7.08. The molecule has 27 heavy (non-hydrogen) atoms. The van der Waals surface area contributed by atoms with Crippen molar-refractivity contribution in [1.82, 2.24) is 0 Å². The van der Waals surface area contributed by atoms with Gasteiger partial charge in [-0.15, -0.1) is 0 Å². The molecule has 1 atom stereocenters. The molecule has 2 N–H and O–H groups in total. The quantitative estimate of drug-likeness (QED) is 0.624. The van der Waals surface area contributed by atoms with Crippen LogP contribution < -0.4 is 10.6 Å². The zero-order valence-corrected chi connectivity index (χ0v) is 15.4. The Kier molecular flexibility index (Phi) is 8.28. The van der Waals surface area contributed by atoms with Gasteiger partial charge in [-0.05, 0) is 36.4 Å². The number of rotatable bonds is 10. The van der Waals surface area contributed by atoms with E-state index >= 15 is 0 Å². The van der Waals surface area contributed by atoms with Gasteiger partial charge in [0.05, 0.1) is 6.61 Å². The van der Waals surface area contributed by atoms with E-state index in [2.05, 4.69) is 10.6 Å². The summed E-state index contributed by atoms with van der Waals surface area (Å²) in [5, 5.41) is 5.79. The van der Waals surface area contributed by atoms with E-state index in [-0.39, 0.29) is 25.2 Å². The monoisotopic (exact) mass is 372 g/mol. The van der Waals surface area contributed by atoms with Gasteiger partial charge in [0.25, 0.3) is 5.91 Å². The molecule has 2 aromatic rings. The number of methoxy groups -OCH3 is 2. The van der Waals surface area contributed by atoms with Crippen molar-refractivity contribution in [3.05, 3.63) is 60.2 Å². The molecule has 2 rings (SSSR count). The number of ether oxygens (including phenoxy) is 3. The van der Waals surface area contributed by atoms with Crippen LogP contribution in [0.1, 0.15) is 10.4 Å². The molecule has 144 valence electrons. The van der Waals surface area contributed by atoms with Gasteiger partial charge in [-0.2, -0.15) is 0 Å². The second-order valence-electron chi connectivity index (χ2n) is 5.75. The molecule has 7 nitrogen and oxygen atoms in total. The predicted molar refractivity (Wildman–Crippen MR) is 103 cm³/mol. The van der Waals surface area contributed by atoms with E-state index in [1.807, 2.05) is 18.2 Å². The van der Waals surface area contributed by atoms with Gasteiger partial charge in [0.1, 0.15) is 19.3 Å². The summed E-state index contributed by atoms with van der Waals surface area (Å²) in [5.41, 5.74) is 2.00. The second-order valence-corrected chi connectivity index (χ2v) is 5.75. The lowest BCUT2D eigenvalue weighted by molar-refractivity contribution is -0.146. The molecule has 0 aromatic heterocycles. The van der Waals surface area contributed by atoms with Crippen LogP contribution in [0.15, 0.2) is 54.6 Å². The van der Waals surface area contributed by atoms with E-state index < -0.39 is 5.97 Å². The lowest BCUT2D eigenvalue weighted by Crippen LogP contribution is -2.27. The first-order valence-corrected chi connectivity index (χ1v) is 8.50. The minimum absolute atomic E-state index is 0.0269. The molecule has 0 saturated heterocycles. The van der Waals surface area contributed by atoms with Crippen molar-refractivity contribution in [3.8, 4) is 0 Å². The Labute approximate surface area is 158 Å². The van der Waals surface area contributed by atoms with Crippen molar-refractivity contribution in [1.29, 1.82) is 0 Å². The molecule has 0 radical (unpaired) electrons. The molecule has 0 spiro atoms. The Morgan fingerprint density at radius 2 is 1.59 bits per heavy atom. The smallest absolute Gasteiger partial charge is 0.325 e. The van der Waals surface area contributed by atoms with E-state index in [1.54, 1.807) is 43.5 Å². The highest BCUT2D eigenvalue weighted by Gasteiger charge is 2.11. The van der Waals surface area contributed by atoms with Crippen LogP contribution in [-0.2, 0) is 19.0 Å². The standard InChI is InChI=1S/C20H24N2O5/c1-25-13-18(26-2)14-27-19(23)12-21-16-8-10-17(11-9-16)22-20(24)15-6-4-3-5-7-15/h3-11,18,21H,12-14H2,1-2H3,(H,22,24). The molecular formula is C20H24N2O5. The van der Waals surface area contributed by atoms with Crippen LogP contribution in [0.5, 0.6) is 0 Å². The van der Waals surface area contributed by atoms with Crippen LogP contribution in [-0.4, -0.2) is 52.0 Å². The average Bonchev–Trinajstić information content (AvgIpc) is 2.71. The van der Waals surface area contributed by atoms with Gasteiger partial charge in [-0.25, -0.2) is 0 Å². The van der Waals surface area contributed by atoms with Gasteiger partial charge < -0.3 is 24.8 Å². The largest absolute Gasteiger partial charge is 0.462 e. The van der Waals surface area contributed by atoms with E-state index in [4.69, 9.17) is 14.2 Å². The summed E-state index contributed by atoms with van der Waals surface area (Å²) in [5.74, 6) is -0.571. The summed E-state index contributed by atoms with van der Waals surface area (Å²) >= 11 is 0. The highest BCUT2D eigenvalue weighted by atomic mass is 16.6. The van der Waals surface area contributed by atoms with E-state index in [0.717, 1.165) is 5.69 Å². The zero-order valence-electron chi connectivity index (χ0n) is 15.4. The van der Waals surface area contributed by atoms with Gasteiger partial charge in [0, 0.05) is 31.2 Å². The van der Waals surface area contributed by atoms with Crippen LogP contribution in [0.3, 0.4) is 0 Å². The lowest BCUT2D eigenvalue weighted by atomic mass is 10.2. The normalized spacial score (nSPS) is 11.5. The summed E-state index contributed by atoms with van der Waals surface area (Å²) in [6.07, 6.45) is -0.286. The fourth-order valence-corrected chi connectivity index (χ4v) is 2.25. The number of benzene rings is 2. The van der Waals surface area contributed by atoms with E-state index in [9.17, 15) is 9.59 Å². The highest BCUT2D eigenvalue weighted by Crippen LogP contribution is 2.14. The van der Waals surface area contributed by atoms with Crippen molar-refractivity contribution < 1.29 is 23.8 Å². The number of carbonyl (C=O) groups is 2. The average molecular weight is 372 g/mol. The second kappa shape index (κ2) is 10.9. The zero-order chi connectivity index (χ0) is 19.5. The Bertz CT molecular complexity index is 719. The van der Waals surface area contributed by atoms with Crippen molar-refractivity contribution in [2.75, 3.05) is 44.6 Å². The molecule has 7 heteroatoms. The Balaban J connectivity index is 1.76. The van der Waals surface area contributed by atoms with Crippen molar-refractivity contribution in [2.45, 2.75) is 6.10 Å². The molecule has 0 aliphatic rings. The third-order valence-corrected chi connectivity index (χ3v) is 3.73. The molecule has 1 unspecified atom stereocenters. The molecule has 0 aliphatic heterocycles. The summed E-state index contributed by atoms with van der Waals surface area (Å²) in [7, 11) is 3.09. The number of nitrogens with one attached hydrogen (secondary N) is 2. The number of carbonyl (C=O) groups excluding carboxylic acids is 2. The molecular weight excluding hydrogens is 348 g/mol. The maximum absolute atomic E-state index is 12.1. The molecule has 0 aliphatic carbocycles. The predicted octanol–water partition coefficient (Wildman–Crippen LogP) is 2.56. The molecule has 0 bridgehead atoms. The van der Waals surface area contributed by atoms with Gasteiger partial charge in [0.15, 0.2) is 0 Å². The lowest BCUT2D eigenvalue weighted by Gasteiger charge is -2.14. The summed E-state index contributed by atoms with van der Waals surface area (Å²) in [6.45, 7) is 0.516. The summed E-state index contributed by atoms with van der Waals surface area (Å²) in [6, 6.07) is 16.0. The van der Waals surface area contributed by atoms with Gasteiger partial charge >= 0.3 is 5.97 Å². The van der Waals surface area contributed by atoms with E-state index in [1.165, 1.54) is 7.11 Å². The Hall–Kier alpha value is -2.90. The summed E-state index contributed by atoms with van der Waals surface area (Å²) < 4.78 is 15.2. The number of amides is 1. The number of hydrogen-bond donors (Lipinski definition) is 2. The van der Waals surface area contributed by atoms with Crippen LogP contribution in [0, 0.1) is 0 Å². The first-order chi connectivity index (χ1) is 13.1. The number of esters is 1. The topological polar surface area (TPSA) is 85.9 Å². The van der Waals surface area contributed by atoms with Crippen LogP contribution in [0.4, 0.5) is 11.4 Å². The van der Waals surface area contributed by atoms with Crippen LogP contribution >= 0.6 is 0 Å². The van der Waals surface area contributed by atoms with E-state index in [0.29, 0.717) is 17.9 Å². The van der Waals surface area contributed by atoms with Crippen molar-refractivity contribution in [2.24, 2.45) is 0 Å². The first kappa shape index (κ1) is 20.4. The van der Waals surface area contributed by atoms with Crippen molar-refractivity contribution >= 4 is 23.3 Å². The van der Waals surface area contributed by atoms with Crippen LogP contribution in [0.25, 0.3) is 0 Å². The van der Waals surface area contributed by atoms with Gasteiger partial charge in [0.2, 0.25) is 0 Å². The molecule has 0 fully saturated rings. The van der Waals surface area contributed by atoms with Crippen molar-refractivity contribution in [3.63, 3.8) is 0 Å². The molecule has 1 amide bonds. The van der Waals surface area contributed by atoms with Crippen LogP contribution in [0.2, 0.25) is 0 Å². The minimum atomic E-state index is -0.394. The van der Waals surface area contributed by atoms with Gasteiger partial charge in [-0.3, -0.25) is 9.59 Å². The third-order valence-electron chi connectivity index (χ3n) is 3.73. The van der Waals surface area contributed by atoms with Gasteiger partial charge in [-0.1, -0.05) is 18.2 Å². The Morgan fingerprint density at radius 3 is 2.22 bits per heavy atom. The number of hydrogen-bond acceptors (Lipinski definition) is 6. The summed E-state index contributed by atoms with van der Waals surface area (Å²) in [4.78, 5) is 23.9. The maximum Gasteiger partial charge on any atom is 0.325 e. The number of anilines is 2. The SMILES string of the molecule is COCC(COC(=O)CNc1ccc(NC(=O)c2ccccc2)cc1)OC. The Morgan fingerprint density at radius 1 is 0.926 bits per heavy atom. The fraction of sp³-hybridized carbons (Fsp3) is 0.300. The molecule has 0 saturated carbocycles. The highest BCUT2D eigenvalue weighted by molar-refractivity contribution is 6.04.